The Hall–Kier alpha value is -1.26. The molecule has 0 aliphatic heterocycles. The number of carbonyl (C=O) groups excluding carboxylic acids is 2. The molecule has 0 fully saturated rings. The quantitative estimate of drug-likeness (QED) is 0.391. The maximum atomic E-state index is 12.3. The van der Waals surface area contributed by atoms with Crippen molar-refractivity contribution in [3.63, 3.8) is 0 Å². The van der Waals surface area contributed by atoms with E-state index in [1.807, 2.05) is 34.6 Å². The molecule has 0 aromatic heterocycles. The van der Waals surface area contributed by atoms with Crippen LogP contribution in [-0.4, -0.2) is 31.3 Å². The second kappa shape index (κ2) is 13.0. The van der Waals surface area contributed by atoms with E-state index in [-0.39, 0.29) is 17.3 Å². The molecule has 0 saturated heterocycles. The van der Waals surface area contributed by atoms with Crippen molar-refractivity contribution in [2.45, 2.75) is 92.5 Å². The molecular weight excluding hydrogens is 318 g/mol. The third-order valence-electron chi connectivity index (χ3n) is 3.66. The highest BCUT2D eigenvalue weighted by Gasteiger charge is 2.24. The van der Waals surface area contributed by atoms with E-state index in [0.29, 0.717) is 19.6 Å². The summed E-state index contributed by atoms with van der Waals surface area (Å²) in [6, 6.07) is -0.646. The molecule has 1 amide bonds. The number of esters is 1. The van der Waals surface area contributed by atoms with Crippen molar-refractivity contribution in [3.05, 3.63) is 0 Å². The Bertz CT molecular complexity index is 374. The van der Waals surface area contributed by atoms with Crippen molar-refractivity contribution >= 4 is 12.1 Å². The van der Waals surface area contributed by atoms with E-state index in [0.717, 1.165) is 12.8 Å². The lowest BCUT2D eigenvalue weighted by Crippen LogP contribution is -2.43. The molecule has 0 aromatic carbocycles. The van der Waals surface area contributed by atoms with Gasteiger partial charge in [0.1, 0.15) is 6.04 Å². The zero-order chi connectivity index (χ0) is 19.3. The molecule has 0 aliphatic carbocycles. The maximum absolute atomic E-state index is 12.3. The Kier molecular flexibility index (Phi) is 12.4. The van der Waals surface area contributed by atoms with Crippen LogP contribution in [0.3, 0.4) is 0 Å². The molecule has 0 aliphatic rings. The number of rotatable bonds is 12. The van der Waals surface area contributed by atoms with Crippen molar-refractivity contribution in [1.29, 1.82) is 0 Å². The van der Waals surface area contributed by atoms with Crippen LogP contribution in [0.2, 0.25) is 0 Å². The third-order valence-corrected chi connectivity index (χ3v) is 3.66. The molecule has 0 spiro atoms. The van der Waals surface area contributed by atoms with Gasteiger partial charge in [-0.3, -0.25) is 0 Å². The highest BCUT2D eigenvalue weighted by molar-refractivity contribution is 5.81. The van der Waals surface area contributed by atoms with E-state index in [1.54, 1.807) is 0 Å². The van der Waals surface area contributed by atoms with Crippen molar-refractivity contribution < 1.29 is 19.1 Å². The SMILES string of the molecule is CCCCCCCCOC(=O)C(CC(C)C)NC(=O)OCC(C)(C)C. The van der Waals surface area contributed by atoms with Crippen LogP contribution in [0.5, 0.6) is 0 Å². The number of amides is 1. The fourth-order valence-electron chi connectivity index (χ4n) is 2.31. The molecule has 0 saturated carbocycles. The number of unbranched alkanes of at least 4 members (excludes halogenated alkanes) is 5. The van der Waals surface area contributed by atoms with Gasteiger partial charge < -0.3 is 14.8 Å². The standard InChI is InChI=1S/C20H39NO4/c1-7-8-9-10-11-12-13-24-18(22)17(14-16(2)3)21-19(23)25-15-20(4,5)6/h16-17H,7-15H2,1-6H3,(H,21,23). The van der Waals surface area contributed by atoms with E-state index >= 15 is 0 Å². The van der Waals surface area contributed by atoms with Crippen LogP contribution in [0.25, 0.3) is 0 Å². The van der Waals surface area contributed by atoms with Gasteiger partial charge in [0, 0.05) is 0 Å². The molecule has 0 bridgehead atoms. The Balaban J connectivity index is 4.22. The van der Waals surface area contributed by atoms with Crippen LogP contribution in [0.4, 0.5) is 4.79 Å². The van der Waals surface area contributed by atoms with E-state index in [2.05, 4.69) is 12.2 Å². The first-order valence-corrected chi connectivity index (χ1v) is 9.75. The highest BCUT2D eigenvalue weighted by atomic mass is 16.6. The molecule has 1 atom stereocenters. The molecule has 0 rings (SSSR count). The molecule has 0 heterocycles. The van der Waals surface area contributed by atoms with Crippen molar-refractivity contribution in [2.24, 2.45) is 11.3 Å². The van der Waals surface area contributed by atoms with Crippen LogP contribution in [0.15, 0.2) is 0 Å². The lowest BCUT2D eigenvalue weighted by molar-refractivity contribution is -0.146. The van der Waals surface area contributed by atoms with Gasteiger partial charge in [0.15, 0.2) is 0 Å². The van der Waals surface area contributed by atoms with Crippen molar-refractivity contribution in [2.75, 3.05) is 13.2 Å². The summed E-state index contributed by atoms with van der Waals surface area (Å²) in [6.45, 7) is 12.9. The summed E-state index contributed by atoms with van der Waals surface area (Å²) in [5, 5.41) is 2.65. The summed E-state index contributed by atoms with van der Waals surface area (Å²) in [5.41, 5.74) is -0.108. The summed E-state index contributed by atoms with van der Waals surface area (Å²) < 4.78 is 10.5. The van der Waals surface area contributed by atoms with Crippen molar-refractivity contribution in [3.8, 4) is 0 Å². The number of alkyl carbamates (subject to hydrolysis) is 1. The minimum absolute atomic E-state index is 0.108. The predicted molar refractivity (Wildman–Crippen MR) is 102 cm³/mol. The number of hydrogen-bond acceptors (Lipinski definition) is 4. The Morgan fingerprint density at radius 3 is 2.12 bits per heavy atom. The highest BCUT2D eigenvalue weighted by Crippen LogP contribution is 2.13. The minimum Gasteiger partial charge on any atom is -0.464 e. The van der Waals surface area contributed by atoms with Gasteiger partial charge in [-0.05, 0) is 24.2 Å². The fourth-order valence-corrected chi connectivity index (χ4v) is 2.31. The van der Waals surface area contributed by atoms with Gasteiger partial charge in [0.2, 0.25) is 0 Å². The summed E-state index contributed by atoms with van der Waals surface area (Å²) in [6.07, 6.45) is 6.83. The second-order valence-corrected chi connectivity index (χ2v) is 8.40. The molecule has 0 radical (unpaired) electrons. The number of ether oxygens (including phenoxy) is 2. The first-order chi connectivity index (χ1) is 11.7. The summed E-state index contributed by atoms with van der Waals surface area (Å²) in [4.78, 5) is 24.2. The van der Waals surface area contributed by atoms with Crippen molar-refractivity contribution in [1.82, 2.24) is 5.32 Å². The van der Waals surface area contributed by atoms with Gasteiger partial charge in [-0.1, -0.05) is 73.6 Å². The van der Waals surface area contributed by atoms with Crippen LogP contribution >= 0.6 is 0 Å². The number of carbonyl (C=O) groups is 2. The van der Waals surface area contributed by atoms with Gasteiger partial charge in [-0.15, -0.1) is 0 Å². The minimum atomic E-state index is -0.646. The second-order valence-electron chi connectivity index (χ2n) is 8.40. The van der Waals surface area contributed by atoms with Gasteiger partial charge >= 0.3 is 12.1 Å². The zero-order valence-electron chi connectivity index (χ0n) is 17.2. The average Bonchev–Trinajstić information content (AvgIpc) is 2.50. The van der Waals surface area contributed by atoms with Gasteiger partial charge in [0.25, 0.3) is 0 Å². The molecule has 0 aromatic rings. The van der Waals surface area contributed by atoms with Gasteiger partial charge in [0.05, 0.1) is 13.2 Å². The number of nitrogens with one attached hydrogen (secondary N) is 1. The normalized spacial score (nSPS) is 12.8. The summed E-state index contributed by atoms with van der Waals surface area (Å²) in [5.74, 6) is -0.0931. The van der Waals surface area contributed by atoms with E-state index in [1.165, 1.54) is 25.7 Å². The lowest BCUT2D eigenvalue weighted by Gasteiger charge is -2.22. The summed E-state index contributed by atoms with van der Waals surface area (Å²) in [7, 11) is 0. The molecule has 25 heavy (non-hydrogen) atoms. The molecule has 148 valence electrons. The van der Waals surface area contributed by atoms with Crippen LogP contribution in [0.1, 0.15) is 86.5 Å². The molecule has 5 nitrogen and oxygen atoms in total. The van der Waals surface area contributed by atoms with Crippen LogP contribution in [-0.2, 0) is 14.3 Å². The smallest absolute Gasteiger partial charge is 0.407 e. The number of hydrogen-bond donors (Lipinski definition) is 1. The van der Waals surface area contributed by atoms with Crippen LogP contribution < -0.4 is 5.32 Å². The first-order valence-electron chi connectivity index (χ1n) is 9.75. The zero-order valence-corrected chi connectivity index (χ0v) is 17.2. The third kappa shape index (κ3) is 14.8. The Labute approximate surface area is 154 Å². The molecule has 5 heteroatoms. The molecular formula is C20H39NO4. The van der Waals surface area contributed by atoms with E-state index < -0.39 is 12.1 Å². The summed E-state index contributed by atoms with van der Waals surface area (Å²) >= 11 is 0. The Morgan fingerprint density at radius 2 is 1.56 bits per heavy atom. The van der Waals surface area contributed by atoms with E-state index in [4.69, 9.17) is 9.47 Å². The monoisotopic (exact) mass is 357 g/mol. The predicted octanol–water partition coefficient (Wildman–Crippen LogP) is 5.08. The topological polar surface area (TPSA) is 64.6 Å². The van der Waals surface area contributed by atoms with Gasteiger partial charge in [-0.25, -0.2) is 9.59 Å². The Morgan fingerprint density at radius 1 is 0.960 bits per heavy atom. The van der Waals surface area contributed by atoms with E-state index in [9.17, 15) is 9.59 Å². The molecule has 1 unspecified atom stereocenters. The largest absolute Gasteiger partial charge is 0.464 e. The fraction of sp³-hybridized carbons (Fsp3) is 0.900. The average molecular weight is 358 g/mol. The van der Waals surface area contributed by atoms with Crippen LogP contribution in [0, 0.1) is 11.3 Å². The lowest BCUT2D eigenvalue weighted by atomic mass is 9.99. The maximum Gasteiger partial charge on any atom is 0.407 e. The molecule has 1 N–H and O–H groups in total. The first kappa shape index (κ1) is 23.7. The van der Waals surface area contributed by atoms with Gasteiger partial charge in [-0.2, -0.15) is 0 Å².